The van der Waals surface area contributed by atoms with E-state index in [9.17, 15) is 0 Å². The van der Waals surface area contributed by atoms with E-state index in [1.807, 2.05) is 0 Å². The Hall–Kier alpha value is 0.0569. The lowest BCUT2D eigenvalue weighted by atomic mass is 9.79. The van der Waals surface area contributed by atoms with Crippen molar-refractivity contribution < 1.29 is 18.0 Å². The fourth-order valence-electron chi connectivity index (χ4n) is 3.20. The summed E-state index contributed by atoms with van der Waals surface area (Å²) in [4.78, 5) is 0. The number of rotatable bonds is 7. The minimum atomic E-state index is -2.37. The lowest BCUT2D eigenvalue weighted by Crippen LogP contribution is -2.43. The van der Waals surface area contributed by atoms with Gasteiger partial charge in [0.1, 0.15) is 0 Å². The highest BCUT2D eigenvalue weighted by Crippen LogP contribution is 2.39. The molecule has 1 saturated heterocycles. The van der Waals surface area contributed by atoms with Crippen LogP contribution in [0, 0.1) is 11.8 Å². The molecule has 1 saturated carbocycles. The third-order valence-corrected chi connectivity index (χ3v) is 7.27. The number of epoxide rings is 1. The fraction of sp³-hybridized carbons (Fsp3) is 1.00. The second kappa shape index (κ2) is 6.48. The van der Waals surface area contributed by atoms with Crippen molar-refractivity contribution in [2.75, 3.05) is 27.9 Å². The van der Waals surface area contributed by atoms with Crippen LogP contribution in [0.15, 0.2) is 0 Å². The van der Waals surface area contributed by atoms with Crippen LogP contribution < -0.4 is 0 Å². The summed E-state index contributed by atoms with van der Waals surface area (Å²) in [6, 6.07) is 0.930. The fourth-order valence-corrected chi connectivity index (χ4v) is 5.07. The highest BCUT2D eigenvalue weighted by atomic mass is 28.4. The maximum absolute atomic E-state index is 5.48. The first-order valence-corrected chi connectivity index (χ1v) is 8.93. The molecule has 0 bridgehead atoms. The zero-order valence-electron chi connectivity index (χ0n) is 11.8. The monoisotopic (exact) mass is 274 g/mol. The van der Waals surface area contributed by atoms with Gasteiger partial charge >= 0.3 is 8.80 Å². The van der Waals surface area contributed by atoms with Crippen LogP contribution in [-0.2, 0) is 18.0 Å². The zero-order chi connectivity index (χ0) is 13.0. The van der Waals surface area contributed by atoms with Gasteiger partial charge < -0.3 is 18.0 Å². The van der Waals surface area contributed by atoms with Crippen LogP contribution in [0.2, 0.25) is 6.04 Å². The van der Waals surface area contributed by atoms with Gasteiger partial charge in [-0.1, -0.05) is 12.8 Å². The maximum atomic E-state index is 5.48. The largest absolute Gasteiger partial charge is 0.500 e. The van der Waals surface area contributed by atoms with E-state index >= 15 is 0 Å². The third kappa shape index (κ3) is 3.54. The Morgan fingerprint density at radius 1 is 1.11 bits per heavy atom. The van der Waals surface area contributed by atoms with Gasteiger partial charge in [0, 0.05) is 27.4 Å². The molecule has 1 aliphatic heterocycles. The average molecular weight is 274 g/mol. The molecule has 0 aromatic carbocycles. The number of hydrogen-bond acceptors (Lipinski definition) is 4. The van der Waals surface area contributed by atoms with Crippen LogP contribution in [0.4, 0.5) is 0 Å². The topological polar surface area (TPSA) is 40.2 Å². The van der Waals surface area contributed by atoms with Crippen molar-refractivity contribution in [2.24, 2.45) is 11.8 Å². The van der Waals surface area contributed by atoms with E-state index in [1.165, 1.54) is 25.7 Å². The summed E-state index contributed by atoms with van der Waals surface area (Å²) in [5, 5.41) is 0. The Kier molecular flexibility index (Phi) is 5.21. The highest BCUT2D eigenvalue weighted by Gasteiger charge is 2.40. The first kappa shape index (κ1) is 14.5. The molecule has 0 spiro atoms. The molecule has 1 aliphatic carbocycles. The molecule has 0 radical (unpaired) electrons. The summed E-state index contributed by atoms with van der Waals surface area (Å²) in [6.07, 6.45) is 7.07. The van der Waals surface area contributed by atoms with Crippen LogP contribution in [0.3, 0.4) is 0 Å². The smallest absolute Gasteiger partial charge is 0.377 e. The Morgan fingerprint density at radius 2 is 1.78 bits per heavy atom. The van der Waals surface area contributed by atoms with Gasteiger partial charge in [-0.3, -0.25) is 0 Å². The van der Waals surface area contributed by atoms with E-state index in [0.717, 1.165) is 30.9 Å². The van der Waals surface area contributed by atoms with Gasteiger partial charge in [-0.05, 0) is 31.1 Å². The molecule has 3 unspecified atom stereocenters. The van der Waals surface area contributed by atoms with Crippen molar-refractivity contribution in [1.82, 2.24) is 0 Å². The Bertz CT molecular complexity index is 245. The van der Waals surface area contributed by atoms with Crippen molar-refractivity contribution in [1.29, 1.82) is 0 Å². The molecule has 3 atom stereocenters. The van der Waals surface area contributed by atoms with E-state index in [-0.39, 0.29) is 0 Å². The molecule has 0 N–H and O–H groups in total. The van der Waals surface area contributed by atoms with Crippen LogP contribution in [-0.4, -0.2) is 42.8 Å². The van der Waals surface area contributed by atoms with E-state index < -0.39 is 8.80 Å². The van der Waals surface area contributed by atoms with Crippen LogP contribution in [0.5, 0.6) is 0 Å². The molecule has 2 rings (SSSR count). The highest BCUT2D eigenvalue weighted by molar-refractivity contribution is 6.60. The molecule has 2 aliphatic rings. The summed E-state index contributed by atoms with van der Waals surface area (Å²) in [7, 11) is 2.72. The summed E-state index contributed by atoms with van der Waals surface area (Å²) in [6.45, 7) is 0.990. The first-order chi connectivity index (χ1) is 8.73. The maximum Gasteiger partial charge on any atom is 0.500 e. The summed E-state index contributed by atoms with van der Waals surface area (Å²) >= 11 is 0. The average Bonchev–Trinajstić information content (AvgIpc) is 3.26. The second-order valence-electron chi connectivity index (χ2n) is 5.50. The summed E-state index contributed by atoms with van der Waals surface area (Å²) < 4.78 is 21.9. The van der Waals surface area contributed by atoms with Crippen molar-refractivity contribution in [3.8, 4) is 0 Å². The van der Waals surface area contributed by atoms with Crippen molar-refractivity contribution >= 4 is 8.80 Å². The normalized spacial score (nSPS) is 32.5. The quantitative estimate of drug-likeness (QED) is 0.528. The van der Waals surface area contributed by atoms with E-state index in [2.05, 4.69) is 0 Å². The molecule has 4 nitrogen and oxygen atoms in total. The van der Waals surface area contributed by atoms with E-state index in [0.29, 0.717) is 6.10 Å². The van der Waals surface area contributed by atoms with E-state index in [1.54, 1.807) is 21.3 Å². The van der Waals surface area contributed by atoms with Crippen LogP contribution in [0.25, 0.3) is 0 Å². The molecule has 18 heavy (non-hydrogen) atoms. The molecule has 1 heterocycles. The standard InChI is InChI=1S/C13H26O4Si/c1-14-18(15-2,16-3)8-7-11-5-4-6-12(9-11)13-10-17-13/h11-13H,4-10H2,1-3H3. The molecule has 0 aromatic rings. The Balaban J connectivity index is 1.77. The van der Waals surface area contributed by atoms with Gasteiger partial charge in [-0.25, -0.2) is 0 Å². The molecule has 0 amide bonds. The van der Waals surface area contributed by atoms with Crippen molar-refractivity contribution in [3.05, 3.63) is 0 Å². The van der Waals surface area contributed by atoms with Crippen LogP contribution in [0.1, 0.15) is 32.1 Å². The van der Waals surface area contributed by atoms with E-state index in [4.69, 9.17) is 18.0 Å². The second-order valence-corrected chi connectivity index (χ2v) is 8.59. The molecular weight excluding hydrogens is 248 g/mol. The predicted octanol–water partition coefficient (Wildman–Crippen LogP) is 2.46. The Morgan fingerprint density at radius 3 is 2.33 bits per heavy atom. The van der Waals surface area contributed by atoms with Gasteiger partial charge in [0.15, 0.2) is 0 Å². The van der Waals surface area contributed by atoms with Crippen molar-refractivity contribution in [2.45, 2.75) is 44.3 Å². The van der Waals surface area contributed by atoms with Gasteiger partial charge in [0.2, 0.25) is 0 Å². The third-order valence-electron chi connectivity index (χ3n) is 4.50. The number of hydrogen-bond donors (Lipinski definition) is 0. The zero-order valence-corrected chi connectivity index (χ0v) is 12.8. The van der Waals surface area contributed by atoms with Gasteiger partial charge in [0.25, 0.3) is 0 Å². The number of ether oxygens (including phenoxy) is 1. The minimum absolute atomic E-state index is 0.571. The van der Waals surface area contributed by atoms with Gasteiger partial charge in [0.05, 0.1) is 12.7 Å². The molecule has 2 fully saturated rings. The Labute approximate surface area is 111 Å². The van der Waals surface area contributed by atoms with Gasteiger partial charge in [-0.2, -0.15) is 0 Å². The van der Waals surface area contributed by atoms with Crippen molar-refractivity contribution in [3.63, 3.8) is 0 Å². The predicted molar refractivity (Wildman–Crippen MR) is 71.4 cm³/mol. The summed E-state index contributed by atoms with van der Waals surface area (Å²) in [5.41, 5.74) is 0. The minimum Gasteiger partial charge on any atom is -0.377 e. The molecule has 5 heteroatoms. The van der Waals surface area contributed by atoms with Crippen LogP contribution >= 0.6 is 0 Å². The van der Waals surface area contributed by atoms with Gasteiger partial charge in [-0.15, -0.1) is 0 Å². The SMILES string of the molecule is CO[Si](CCC1CCCC(C2CO2)C1)(OC)OC. The summed E-state index contributed by atoms with van der Waals surface area (Å²) in [5.74, 6) is 1.59. The molecular formula is C13H26O4Si. The lowest BCUT2D eigenvalue weighted by Gasteiger charge is -2.31. The lowest BCUT2D eigenvalue weighted by molar-refractivity contribution is 0.118. The first-order valence-electron chi connectivity index (χ1n) is 7.00. The molecule has 106 valence electrons. The molecule has 0 aromatic heterocycles.